The summed E-state index contributed by atoms with van der Waals surface area (Å²) in [4.78, 5) is 81.0. The molecular formula is C58H57N5O9S. The topological polar surface area (TPSA) is 157 Å². The van der Waals surface area contributed by atoms with Crippen molar-refractivity contribution in [1.82, 2.24) is 4.90 Å². The number of carbonyl (C=O) groups is 5. The van der Waals surface area contributed by atoms with E-state index in [1.54, 1.807) is 31.1 Å². The van der Waals surface area contributed by atoms with Crippen LogP contribution in [0.25, 0.3) is 0 Å². The van der Waals surface area contributed by atoms with E-state index in [1.807, 2.05) is 97.0 Å². The number of ketones is 1. The summed E-state index contributed by atoms with van der Waals surface area (Å²) in [6.07, 6.45) is 9.25. The molecule has 1 aliphatic carbocycles. The quantitative estimate of drug-likeness (QED) is 0.0689. The maximum absolute atomic E-state index is 14.1. The molecule has 0 bridgehead atoms. The van der Waals surface area contributed by atoms with Crippen LogP contribution in [0.15, 0.2) is 101 Å². The molecule has 4 amide bonds. The predicted molar refractivity (Wildman–Crippen MR) is 281 cm³/mol. The number of ether oxygens (including phenoxy) is 4. The summed E-state index contributed by atoms with van der Waals surface area (Å²) in [5.74, 6) is 2.72. The van der Waals surface area contributed by atoms with Crippen molar-refractivity contribution >= 4 is 76.4 Å². The number of aryl methyl sites for hydroxylation is 1. The van der Waals surface area contributed by atoms with E-state index in [1.165, 1.54) is 16.7 Å². The lowest BCUT2D eigenvalue weighted by atomic mass is 9.80. The molecule has 0 N–H and O–H groups in total. The molecule has 5 heterocycles. The number of para-hydroxylation sites is 2. The fraction of sp³-hybridized carbons (Fsp3) is 0.362. The molecule has 6 aliphatic rings. The van der Waals surface area contributed by atoms with Gasteiger partial charge in [-0.15, -0.1) is 11.8 Å². The first kappa shape index (κ1) is 48.0. The third kappa shape index (κ3) is 9.62. The van der Waals surface area contributed by atoms with Gasteiger partial charge in [0.05, 0.1) is 53.6 Å². The zero-order chi connectivity index (χ0) is 50.3. The summed E-state index contributed by atoms with van der Waals surface area (Å²) in [6.45, 7) is 4.66. The molecular weight excluding hydrogens is 943 g/mol. The SMILES string of the molecule is COc1cc2c(cc1OCc1cc(COc3cc4c(cc3C)C(=O)N3c5ccccc5C[C@H]3C=N4)cc(OCCCSC3CC(=O)N(CC4CCC(C(C)=O)CC4)C3=O)c1)N=C[C@@H]1Cc3ccccc3N1C2=O. The van der Waals surface area contributed by atoms with Crippen LogP contribution in [-0.2, 0) is 40.4 Å². The van der Waals surface area contributed by atoms with Crippen LogP contribution in [0.2, 0.25) is 0 Å². The van der Waals surface area contributed by atoms with E-state index in [-0.39, 0.29) is 73.0 Å². The molecule has 374 valence electrons. The number of amides is 4. The van der Waals surface area contributed by atoms with E-state index < -0.39 is 5.25 Å². The van der Waals surface area contributed by atoms with E-state index >= 15 is 0 Å². The first-order valence-corrected chi connectivity index (χ1v) is 26.3. The number of anilines is 2. The monoisotopic (exact) mass is 999 g/mol. The van der Waals surface area contributed by atoms with E-state index in [9.17, 15) is 24.0 Å². The van der Waals surface area contributed by atoms with E-state index in [4.69, 9.17) is 28.9 Å². The first-order chi connectivity index (χ1) is 35.5. The second-order valence-corrected chi connectivity index (χ2v) is 21.2. The fourth-order valence-electron chi connectivity index (χ4n) is 11.1. The molecule has 5 aromatic rings. The van der Waals surface area contributed by atoms with Crippen LogP contribution < -0.4 is 28.7 Å². The molecule has 2 fully saturated rings. The summed E-state index contributed by atoms with van der Waals surface area (Å²) in [7, 11) is 1.55. The van der Waals surface area contributed by atoms with Crippen molar-refractivity contribution in [2.75, 3.05) is 35.8 Å². The Bertz CT molecular complexity index is 3110. The van der Waals surface area contributed by atoms with Gasteiger partial charge in [-0.05, 0) is 128 Å². The van der Waals surface area contributed by atoms with Gasteiger partial charge < -0.3 is 18.9 Å². The number of imide groups is 1. The third-order valence-corrected chi connectivity index (χ3v) is 16.3. The number of carbonyl (C=O) groups excluding carboxylic acids is 5. The second kappa shape index (κ2) is 20.3. The van der Waals surface area contributed by atoms with Gasteiger partial charge >= 0.3 is 0 Å². The summed E-state index contributed by atoms with van der Waals surface area (Å²) >= 11 is 1.49. The van der Waals surface area contributed by atoms with Crippen LogP contribution in [0.4, 0.5) is 22.7 Å². The van der Waals surface area contributed by atoms with E-state index in [2.05, 4.69) is 6.07 Å². The Labute approximate surface area is 428 Å². The largest absolute Gasteiger partial charge is 0.494 e. The molecule has 15 heteroatoms. The number of fused-ring (bicyclic) bond motifs is 8. The number of aliphatic imine (C=N–C) groups is 2. The molecule has 1 unspecified atom stereocenters. The maximum Gasteiger partial charge on any atom is 0.261 e. The Hall–Kier alpha value is -7.26. The Balaban J connectivity index is 0.781. The number of Topliss-reactive ketones (excluding diaryl/α,β-unsaturated/α-hetero) is 1. The highest BCUT2D eigenvalue weighted by Gasteiger charge is 2.41. The van der Waals surface area contributed by atoms with Crippen LogP contribution in [0.5, 0.6) is 23.0 Å². The average Bonchev–Trinajstić information content (AvgIpc) is 3.99. The summed E-state index contributed by atoms with van der Waals surface area (Å²) in [5, 5.41) is -0.415. The van der Waals surface area contributed by atoms with Crippen LogP contribution >= 0.6 is 11.8 Å². The molecule has 11 rings (SSSR count). The van der Waals surface area contributed by atoms with Crippen molar-refractivity contribution in [2.45, 2.75) is 95.8 Å². The van der Waals surface area contributed by atoms with Crippen molar-refractivity contribution in [3.05, 3.63) is 130 Å². The van der Waals surface area contributed by atoms with Gasteiger partial charge in [0.25, 0.3) is 11.8 Å². The maximum atomic E-state index is 14.1. The Morgan fingerprint density at radius 1 is 0.685 bits per heavy atom. The van der Waals surface area contributed by atoms with Gasteiger partial charge in [-0.1, -0.05) is 36.4 Å². The summed E-state index contributed by atoms with van der Waals surface area (Å²) in [6, 6.07) is 28.5. The molecule has 1 saturated heterocycles. The highest BCUT2D eigenvalue weighted by Crippen LogP contribution is 2.43. The first-order valence-electron chi connectivity index (χ1n) is 25.2. The van der Waals surface area contributed by atoms with Gasteiger partial charge in [0, 0.05) is 67.7 Å². The summed E-state index contributed by atoms with van der Waals surface area (Å²) < 4.78 is 25.2. The second-order valence-electron chi connectivity index (χ2n) is 19.9. The molecule has 1 saturated carbocycles. The van der Waals surface area contributed by atoms with Gasteiger partial charge in [0.15, 0.2) is 11.5 Å². The fourth-order valence-corrected chi connectivity index (χ4v) is 12.2. The molecule has 0 spiro atoms. The zero-order valence-electron chi connectivity index (χ0n) is 41.2. The van der Waals surface area contributed by atoms with Crippen molar-refractivity contribution in [3.63, 3.8) is 0 Å². The lowest BCUT2D eigenvalue weighted by Crippen LogP contribution is -2.37. The Morgan fingerprint density at radius 2 is 1.27 bits per heavy atom. The average molecular weight is 1000 g/mol. The highest BCUT2D eigenvalue weighted by atomic mass is 32.2. The predicted octanol–water partition coefficient (Wildman–Crippen LogP) is 9.76. The number of hydrogen-bond donors (Lipinski definition) is 0. The standard InChI is InChI=1S/C58H57N5O9S/c1-34-19-45-47(59-29-42-23-40-9-4-6-11-49(40)62(42)56(45)66)26-51(34)71-32-37-20-38(33-72-53-27-48-46(25-52(53)69-3)57(67)63-43(30-60-48)24-41-10-5-7-12-50(41)63)22-44(21-37)70-17-8-18-73-54-28-55(65)61(58(54)68)31-36-13-15-39(16-14-36)35(2)64/h4-7,9-12,19-22,25-27,29-30,36,39,42-43,54H,8,13-18,23-24,28,31-33H2,1-3H3/t36?,39?,42-,43-,54?/m0/s1. The van der Waals surface area contributed by atoms with Crippen molar-refractivity contribution in [2.24, 2.45) is 21.8 Å². The lowest BCUT2D eigenvalue weighted by Gasteiger charge is -2.29. The van der Waals surface area contributed by atoms with Gasteiger partial charge in [-0.2, -0.15) is 0 Å². The normalized spacial score (nSPS) is 21.5. The molecule has 14 nitrogen and oxygen atoms in total. The van der Waals surface area contributed by atoms with Crippen LogP contribution in [0.1, 0.15) is 94.0 Å². The summed E-state index contributed by atoms with van der Waals surface area (Å²) in [5.41, 5.74) is 8.41. The van der Waals surface area contributed by atoms with Crippen LogP contribution in [0, 0.1) is 18.8 Å². The van der Waals surface area contributed by atoms with Gasteiger partial charge in [0.1, 0.15) is 30.5 Å². The Kier molecular flexibility index (Phi) is 13.4. The van der Waals surface area contributed by atoms with Crippen LogP contribution in [0.3, 0.4) is 0 Å². The van der Waals surface area contributed by atoms with Gasteiger partial charge in [0.2, 0.25) is 11.8 Å². The number of nitrogens with zero attached hydrogens (tertiary/aromatic N) is 5. The minimum Gasteiger partial charge on any atom is -0.494 e. The van der Waals surface area contributed by atoms with Crippen LogP contribution in [-0.4, -0.2) is 90.1 Å². The van der Waals surface area contributed by atoms with Crippen molar-refractivity contribution in [1.29, 1.82) is 0 Å². The van der Waals surface area contributed by atoms with Gasteiger partial charge in [-0.3, -0.25) is 48.7 Å². The number of likely N-dealkylation sites (tertiary alicyclic amines) is 1. The van der Waals surface area contributed by atoms with E-state index in [0.29, 0.717) is 83.7 Å². The number of methoxy groups -OCH3 is 1. The van der Waals surface area contributed by atoms with E-state index in [0.717, 1.165) is 64.9 Å². The molecule has 5 aromatic carbocycles. The molecule has 0 aromatic heterocycles. The highest BCUT2D eigenvalue weighted by molar-refractivity contribution is 8.00. The molecule has 73 heavy (non-hydrogen) atoms. The number of rotatable bonds is 16. The number of hydrogen-bond acceptors (Lipinski definition) is 12. The number of benzene rings is 5. The minimum atomic E-state index is -0.415. The molecule has 3 atom stereocenters. The smallest absolute Gasteiger partial charge is 0.261 e. The molecule has 0 radical (unpaired) electrons. The zero-order valence-corrected chi connectivity index (χ0v) is 42.0. The molecule has 5 aliphatic heterocycles. The van der Waals surface area contributed by atoms with Crippen molar-refractivity contribution in [3.8, 4) is 23.0 Å². The number of thioether (sulfide) groups is 1. The third-order valence-electron chi connectivity index (χ3n) is 15.0. The minimum absolute atomic E-state index is 0.0915. The van der Waals surface area contributed by atoms with Crippen molar-refractivity contribution < 1.29 is 42.9 Å². The van der Waals surface area contributed by atoms with Gasteiger partial charge in [-0.25, -0.2) is 0 Å². The Morgan fingerprint density at radius 3 is 1.89 bits per heavy atom. The lowest BCUT2D eigenvalue weighted by molar-refractivity contribution is -0.139.